The minimum Gasteiger partial charge on any atom is -0.469 e. The Balaban J connectivity index is 2.61. The maximum absolute atomic E-state index is 11.8. The number of furan rings is 1. The molecule has 0 fully saturated rings. The molecule has 0 spiro atoms. The molecular formula is C11H18N2O2. The van der Waals surface area contributed by atoms with Gasteiger partial charge in [-0.05, 0) is 31.5 Å². The third kappa shape index (κ3) is 3.40. The van der Waals surface area contributed by atoms with Crippen LogP contribution in [0.2, 0.25) is 0 Å². The maximum Gasteiger partial charge on any atom is 0.230 e. The number of amides is 1. The van der Waals surface area contributed by atoms with Crippen molar-refractivity contribution in [1.29, 1.82) is 0 Å². The molecule has 0 aliphatic carbocycles. The minimum absolute atomic E-state index is 0.00255. The molecule has 4 nitrogen and oxygen atoms in total. The van der Waals surface area contributed by atoms with Crippen LogP contribution in [0.1, 0.15) is 31.4 Å². The predicted octanol–water partition coefficient (Wildman–Crippen LogP) is 1.24. The molecule has 0 saturated carbocycles. The van der Waals surface area contributed by atoms with Crippen LogP contribution >= 0.6 is 0 Å². The molecule has 3 N–H and O–H groups in total. The highest BCUT2D eigenvalue weighted by Crippen LogP contribution is 2.19. The zero-order valence-corrected chi connectivity index (χ0v) is 9.03. The van der Waals surface area contributed by atoms with E-state index in [2.05, 4.69) is 5.32 Å². The van der Waals surface area contributed by atoms with Crippen LogP contribution < -0.4 is 11.1 Å². The summed E-state index contributed by atoms with van der Waals surface area (Å²) >= 11 is 0. The van der Waals surface area contributed by atoms with Gasteiger partial charge in [-0.1, -0.05) is 6.92 Å². The van der Waals surface area contributed by atoms with Crippen LogP contribution in [0, 0.1) is 0 Å². The van der Waals surface area contributed by atoms with Gasteiger partial charge in [0.15, 0.2) is 0 Å². The quantitative estimate of drug-likeness (QED) is 0.742. The van der Waals surface area contributed by atoms with E-state index in [1.165, 1.54) is 0 Å². The molecule has 0 radical (unpaired) electrons. The zero-order chi connectivity index (χ0) is 11.1. The molecule has 1 aromatic rings. The highest BCUT2D eigenvalue weighted by Gasteiger charge is 2.21. The van der Waals surface area contributed by atoms with Gasteiger partial charge in [-0.2, -0.15) is 0 Å². The first kappa shape index (κ1) is 11.8. The molecule has 1 amide bonds. The smallest absolute Gasteiger partial charge is 0.230 e. The summed E-state index contributed by atoms with van der Waals surface area (Å²) < 4.78 is 5.23. The van der Waals surface area contributed by atoms with Gasteiger partial charge in [-0.15, -0.1) is 0 Å². The molecule has 1 aromatic heterocycles. The predicted molar refractivity (Wildman–Crippen MR) is 58.4 cm³/mol. The fourth-order valence-electron chi connectivity index (χ4n) is 1.43. The number of carbonyl (C=O) groups excluding carboxylic acids is 1. The molecule has 1 heterocycles. The molecule has 1 unspecified atom stereocenters. The number of nitrogens with two attached hydrogens (primary N) is 1. The molecule has 1 rings (SSSR count). The fraction of sp³-hybridized carbons (Fsp3) is 0.545. The lowest BCUT2D eigenvalue weighted by Crippen LogP contribution is -2.31. The molecule has 0 bridgehead atoms. The van der Waals surface area contributed by atoms with Gasteiger partial charge >= 0.3 is 0 Å². The van der Waals surface area contributed by atoms with E-state index in [9.17, 15) is 4.79 Å². The molecule has 0 saturated heterocycles. The first-order chi connectivity index (χ1) is 7.29. The third-order valence-corrected chi connectivity index (χ3v) is 2.21. The lowest BCUT2D eigenvalue weighted by molar-refractivity contribution is -0.123. The minimum atomic E-state index is -0.253. The first-order valence-corrected chi connectivity index (χ1v) is 5.30. The second-order valence-corrected chi connectivity index (χ2v) is 3.44. The average Bonchev–Trinajstić information content (AvgIpc) is 2.75. The normalized spacial score (nSPS) is 12.4. The van der Waals surface area contributed by atoms with Gasteiger partial charge < -0.3 is 15.5 Å². The highest BCUT2D eigenvalue weighted by molar-refractivity contribution is 5.82. The van der Waals surface area contributed by atoms with Gasteiger partial charge in [-0.25, -0.2) is 0 Å². The topological polar surface area (TPSA) is 68.3 Å². The first-order valence-electron chi connectivity index (χ1n) is 5.30. The molecule has 0 aliphatic rings. The van der Waals surface area contributed by atoms with Crippen molar-refractivity contribution in [2.75, 3.05) is 13.1 Å². The van der Waals surface area contributed by atoms with E-state index in [1.54, 1.807) is 12.3 Å². The third-order valence-electron chi connectivity index (χ3n) is 2.21. The summed E-state index contributed by atoms with van der Waals surface area (Å²) in [6, 6.07) is 3.60. The Bertz CT molecular complexity index is 283. The monoisotopic (exact) mass is 210 g/mol. The van der Waals surface area contributed by atoms with Crippen LogP contribution in [-0.2, 0) is 4.79 Å². The van der Waals surface area contributed by atoms with Crippen molar-refractivity contribution >= 4 is 5.91 Å². The fourth-order valence-corrected chi connectivity index (χ4v) is 1.43. The van der Waals surface area contributed by atoms with E-state index in [0.717, 1.165) is 6.42 Å². The van der Waals surface area contributed by atoms with Crippen molar-refractivity contribution < 1.29 is 9.21 Å². The Morgan fingerprint density at radius 2 is 2.47 bits per heavy atom. The zero-order valence-electron chi connectivity index (χ0n) is 9.03. The van der Waals surface area contributed by atoms with E-state index in [1.807, 2.05) is 13.0 Å². The Labute approximate surface area is 89.8 Å². The molecular weight excluding hydrogens is 192 g/mol. The lowest BCUT2D eigenvalue weighted by Gasteiger charge is -2.13. The molecule has 1 atom stereocenters. The van der Waals surface area contributed by atoms with E-state index >= 15 is 0 Å². The SMILES string of the molecule is CCCNC(=O)C(CCN)c1ccco1. The van der Waals surface area contributed by atoms with Crippen LogP contribution in [0.15, 0.2) is 22.8 Å². The molecule has 84 valence electrons. The summed E-state index contributed by atoms with van der Waals surface area (Å²) in [5, 5.41) is 2.85. The molecule has 0 aliphatic heterocycles. The van der Waals surface area contributed by atoms with Crippen LogP contribution in [0.25, 0.3) is 0 Å². The number of nitrogens with one attached hydrogen (secondary N) is 1. The Morgan fingerprint density at radius 3 is 3.00 bits per heavy atom. The molecule has 15 heavy (non-hydrogen) atoms. The Hall–Kier alpha value is -1.29. The van der Waals surface area contributed by atoms with Crippen LogP contribution in [0.5, 0.6) is 0 Å². The van der Waals surface area contributed by atoms with Gasteiger partial charge in [0.25, 0.3) is 0 Å². The largest absolute Gasteiger partial charge is 0.469 e. The van der Waals surface area contributed by atoms with Gasteiger partial charge in [0.05, 0.1) is 12.2 Å². The Kier molecular flexibility index (Phi) is 4.90. The summed E-state index contributed by atoms with van der Waals surface area (Å²) in [5.41, 5.74) is 5.48. The van der Waals surface area contributed by atoms with Crippen molar-refractivity contribution in [2.45, 2.75) is 25.7 Å². The van der Waals surface area contributed by atoms with Crippen LogP contribution in [0.4, 0.5) is 0 Å². The molecule has 0 aromatic carbocycles. The molecule has 4 heteroatoms. The van der Waals surface area contributed by atoms with Crippen molar-refractivity contribution in [2.24, 2.45) is 5.73 Å². The maximum atomic E-state index is 11.8. The standard InChI is InChI=1S/C11H18N2O2/c1-2-7-13-11(14)9(5-6-12)10-4-3-8-15-10/h3-4,8-9H,2,5-7,12H2,1H3,(H,13,14). The Morgan fingerprint density at radius 1 is 1.67 bits per heavy atom. The van der Waals surface area contributed by atoms with Gasteiger partial charge in [0.2, 0.25) is 5.91 Å². The second kappa shape index (κ2) is 6.24. The van der Waals surface area contributed by atoms with Crippen LogP contribution in [0.3, 0.4) is 0 Å². The van der Waals surface area contributed by atoms with E-state index in [4.69, 9.17) is 10.2 Å². The van der Waals surface area contributed by atoms with Crippen molar-refractivity contribution in [1.82, 2.24) is 5.32 Å². The van der Waals surface area contributed by atoms with E-state index in [0.29, 0.717) is 25.3 Å². The average molecular weight is 210 g/mol. The second-order valence-electron chi connectivity index (χ2n) is 3.44. The van der Waals surface area contributed by atoms with E-state index in [-0.39, 0.29) is 11.8 Å². The summed E-state index contributed by atoms with van der Waals surface area (Å²) in [6.45, 7) is 3.19. The van der Waals surface area contributed by atoms with Gasteiger partial charge in [0, 0.05) is 6.54 Å². The number of hydrogen-bond donors (Lipinski definition) is 2. The van der Waals surface area contributed by atoms with Crippen LogP contribution in [-0.4, -0.2) is 19.0 Å². The van der Waals surface area contributed by atoms with Gasteiger partial charge in [0.1, 0.15) is 5.76 Å². The summed E-state index contributed by atoms with van der Waals surface area (Å²) in [6.07, 6.45) is 3.12. The van der Waals surface area contributed by atoms with E-state index < -0.39 is 0 Å². The number of hydrogen-bond acceptors (Lipinski definition) is 3. The summed E-state index contributed by atoms with van der Waals surface area (Å²) in [7, 11) is 0. The summed E-state index contributed by atoms with van der Waals surface area (Å²) in [5.74, 6) is 0.433. The van der Waals surface area contributed by atoms with Crippen molar-refractivity contribution in [3.8, 4) is 0 Å². The number of carbonyl (C=O) groups is 1. The van der Waals surface area contributed by atoms with Crippen molar-refractivity contribution in [3.05, 3.63) is 24.2 Å². The number of rotatable bonds is 6. The summed E-state index contributed by atoms with van der Waals surface area (Å²) in [4.78, 5) is 11.8. The van der Waals surface area contributed by atoms with Gasteiger partial charge in [-0.3, -0.25) is 4.79 Å². The van der Waals surface area contributed by atoms with Crippen molar-refractivity contribution in [3.63, 3.8) is 0 Å². The lowest BCUT2D eigenvalue weighted by atomic mass is 10.0. The highest BCUT2D eigenvalue weighted by atomic mass is 16.3.